The Hall–Kier alpha value is -0.780. The van der Waals surface area contributed by atoms with E-state index in [4.69, 9.17) is 17.3 Å². The van der Waals surface area contributed by atoms with Gasteiger partial charge in [0.05, 0.1) is 15.6 Å². The number of halogens is 1. The molecule has 0 saturated heterocycles. The maximum Gasteiger partial charge on any atom is 0.240 e. The molecule has 19 heavy (non-hydrogen) atoms. The number of benzene rings is 1. The van der Waals surface area contributed by atoms with Gasteiger partial charge in [-0.25, -0.2) is 13.1 Å². The van der Waals surface area contributed by atoms with Gasteiger partial charge in [-0.2, -0.15) is 0 Å². The van der Waals surface area contributed by atoms with Crippen molar-refractivity contribution in [2.75, 3.05) is 12.3 Å². The third-order valence-corrected chi connectivity index (χ3v) is 5.20. The topological polar surface area (TPSA) is 72.2 Å². The van der Waals surface area contributed by atoms with Gasteiger partial charge in [0.1, 0.15) is 0 Å². The SMILES string of the molecule is CCC(CC)CNS(=O)(=O)c1cc(C)c(Cl)c(N)c1. The van der Waals surface area contributed by atoms with Crippen molar-refractivity contribution in [3.05, 3.63) is 22.7 Å². The van der Waals surface area contributed by atoms with Gasteiger partial charge in [0.25, 0.3) is 0 Å². The lowest BCUT2D eigenvalue weighted by Crippen LogP contribution is -2.29. The van der Waals surface area contributed by atoms with Crippen molar-refractivity contribution in [3.63, 3.8) is 0 Å². The van der Waals surface area contributed by atoms with Crippen molar-refractivity contribution in [2.24, 2.45) is 5.92 Å². The van der Waals surface area contributed by atoms with E-state index >= 15 is 0 Å². The molecule has 0 unspecified atom stereocenters. The van der Waals surface area contributed by atoms with Crippen molar-refractivity contribution in [1.82, 2.24) is 4.72 Å². The molecule has 0 spiro atoms. The summed E-state index contributed by atoms with van der Waals surface area (Å²) in [6.07, 6.45) is 1.89. The number of aryl methyl sites for hydroxylation is 1. The molecule has 0 amide bonds. The molecule has 1 aromatic rings. The van der Waals surface area contributed by atoms with E-state index in [2.05, 4.69) is 4.72 Å². The van der Waals surface area contributed by atoms with Crippen molar-refractivity contribution in [3.8, 4) is 0 Å². The van der Waals surface area contributed by atoms with Crippen LogP contribution in [0.1, 0.15) is 32.3 Å². The second kappa shape index (κ2) is 6.59. The van der Waals surface area contributed by atoms with E-state index in [1.54, 1.807) is 6.92 Å². The lowest BCUT2D eigenvalue weighted by atomic mass is 10.0. The molecule has 0 bridgehead atoms. The highest BCUT2D eigenvalue weighted by molar-refractivity contribution is 7.89. The highest BCUT2D eigenvalue weighted by Gasteiger charge is 2.17. The maximum absolute atomic E-state index is 12.2. The summed E-state index contributed by atoms with van der Waals surface area (Å²) >= 11 is 5.93. The maximum atomic E-state index is 12.2. The Balaban J connectivity index is 2.95. The Kier molecular flexibility index (Phi) is 5.64. The number of rotatable bonds is 6. The molecule has 0 aliphatic rings. The zero-order chi connectivity index (χ0) is 14.6. The van der Waals surface area contributed by atoms with Gasteiger partial charge in [-0.1, -0.05) is 38.3 Å². The number of sulfonamides is 1. The molecule has 0 aromatic heterocycles. The van der Waals surface area contributed by atoms with Crippen LogP contribution in [-0.2, 0) is 10.0 Å². The van der Waals surface area contributed by atoms with Gasteiger partial charge in [-0.3, -0.25) is 0 Å². The minimum atomic E-state index is -3.53. The van der Waals surface area contributed by atoms with Crippen LogP contribution in [0.4, 0.5) is 5.69 Å². The minimum absolute atomic E-state index is 0.165. The number of hydrogen-bond donors (Lipinski definition) is 2. The molecule has 0 saturated carbocycles. The number of hydrogen-bond acceptors (Lipinski definition) is 3. The minimum Gasteiger partial charge on any atom is -0.397 e. The van der Waals surface area contributed by atoms with Crippen LogP contribution in [0, 0.1) is 12.8 Å². The summed E-state index contributed by atoms with van der Waals surface area (Å²) in [6.45, 7) is 6.27. The zero-order valence-corrected chi connectivity index (χ0v) is 13.1. The fourth-order valence-electron chi connectivity index (χ4n) is 1.81. The lowest BCUT2D eigenvalue weighted by molar-refractivity contribution is 0.479. The number of anilines is 1. The van der Waals surface area contributed by atoms with E-state index < -0.39 is 10.0 Å². The first-order valence-electron chi connectivity index (χ1n) is 6.37. The zero-order valence-electron chi connectivity index (χ0n) is 11.5. The first-order chi connectivity index (χ1) is 8.81. The van der Waals surface area contributed by atoms with Gasteiger partial charge in [-0.05, 0) is 30.5 Å². The average molecular weight is 305 g/mol. The molecule has 1 rings (SSSR count). The van der Waals surface area contributed by atoms with Crippen LogP contribution in [0.3, 0.4) is 0 Å². The molecule has 1 aromatic carbocycles. The summed E-state index contributed by atoms with van der Waals surface area (Å²) in [5.41, 5.74) is 6.64. The Morgan fingerprint density at radius 2 is 1.89 bits per heavy atom. The Morgan fingerprint density at radius 3 is 2.37 bits per heavy atom. The lowest BCUT2D eigenvalue weighted by Gasteiger charge is -2.14. The Labute approximate surface area is 120 Å². The van der Waals surface area contributed by atoms with Crippen molar-refractivity contribution in [2.45, 2.75) is 38.5 Å². The van der Waals surface area contributed by atoms with E-state index in [9.17, 15) is 8.42 Å². The van der Waals surface area contributed by atoms with Crippen LogP contribution in [0.15, 0.2) is 17.0 Å². The standard InChI is InChI=1S/C13H21ClN2O2S/c1-4-10(5-2)8-16-19(17,18)11-6-9(3)13(14)12(15)7-11/h6-7,10,16H,4-5,8,15H2,1-3H3. The van der Waals surface area contributed by atoms with Gasteiger partial charge in [0.15, 0.2) is 0 Å². The summed E-state index contributed by atoms with van der Waals surface area (Å²) in [5.74, 6) is 0.348. The molecule has 3 N–H and O–H groups in total. The summed E-state index contributed by atoms with van der Waals surface area (Å²) in [7, 11) is -3.53. The van der Waals surface area contributed by atoms with Gasteiger partial charge in [0.2, 0.25) is 10.0 Å². The van der Waals surface area contributed by atoms with Crippen molar-refractivity contribution in [1.29, 1.82) is 0 Å². The third-order valence-electron chi connectivity index (χ3n) is 3.28. The molecule has 0 fully saturated rings. The molecule has 0 atom stereocenters. The largest absolute Gasteiger partial charge is 0.397 e. The van der Waals surface area contributed by atoms with E-state index in [0.29, 0.717) is 23.0 Å². The first-order valence-corrected chi connectivity index (χ1v) is 8.23. The first kappa shape index (κ1) is 16.3. The Morgan fingerprint density at radius 1 is 1.32 bits per heavy atom. The Bertz CT molecular complexity index is 517. The predicted octanol–water partition coefficient (Wildman–Crippen LogP) is 2.95. The highest BCUT2D eigenvalue weighted by atomic mass is 35.5. The molecule has 108 valence electrons. The van der Waals surface area contributed by atoms with Crippen molar-refractivity contribution < 1.29 is 8.42 Å². The van der Waals surface area contributed by atoms with Crippen LogP contribution in [0.5, 0.6) is 0 Å². The number of nitrogens with two attached hydrogens (primary N) is 1. The molecule has 0 radical (unpaired) electrons. The van der Waals surface area contributed by atoms with Gasteiger partial charge >= 0.3 is 0 Å². The van der Waals surface area contributed by atoms with Gasteiger partial charge in [0, 0.05) is 6.54 Å². The summed E-state index contributed by atoms with van der Waals surface area (Å²) < 4.78 is 27.0. The molecule has 4 nitrogen and oxygen atoms in total. The van der Waals surface area contributed by atoms with E-state index in [0.717, 1.165) is 12.8 Å². The van der Waals surface area contributed by atoms with Crippen molar-refractivity contribution >= 4 is 27.3 Å². The highest BCUT2D eigenvalue weighted by Crippen LogP contribution is 2.26. The van der Waals surface area contributed by atoms with Crippen LogP contribution in [-0.4, -0.2) is 15.0 Å². The second-order valence-electron chi connectivity index (χ2n) is 4.68. The molecule has 0 aliphatic carbocycles. The number of nitrogen functional groups attached to an aromatic ring is 1. The van der Waals surface area contributed by atoms with Crippen LogP contribution < -0.4 is 10.5 Å². The summed E-state index contributed by atoms with van der Waals surface area (Å²) in [4.78, 5) is 0.165. The van der Waals surface area contributed by atoms with Gasteiger partial charge < -0.3 is 5.73 Å². The smallest absolute Gasteiger partial charge is 0.240 e. The molecular formula is C13H21ClN2O2S. The van der Waals surface area contributed by atoms with Gasteiger partial charge in [-0.15, -0.1) is 0 Å². The monoisotopic (exact) mass is 304 g/mol. The summed E-state index contributed by atoms with van der Waals surface area (Å²) in [5, 5.41) is 0.402. The fraction of sp³-hybridized carbons (Fsp3) is 0.538. The normalized spacial score (nSPS) is 12.1. The van der Waals surface area contributed by atoms with Crippen LogP contribution in [0.2, 0.25) is 5.02 Å². The quantitative estimate of drug-likeness (QED) is 0.794. The predicted molar refractivity (Wildman–Crippen MR) is 79.9 cm³/mol. The molecule has 0 aliphatic heterocycles. The van der Waals surface area contributed by atoms with E-state index in [1.807, 2.05) is 13.8 Å². The number of nitrogens with one attached hydrogen (secondary N) is 1. The summed E-state index contributed by atoms with van der Waals surface area (Å²) in [6, 6.07) is 2.93. The third kappa shape index (κ3) is 4.09. The second-order valence-corrected chi connectivity index (χ2v) is 6.82. The molecular weight excluding hydrogens is 284 g/mol. The van der Waals surface area contributed by atoms with Crippen LogP contribution >= 0.6 is 11.6 Å². The van der Waals surface area contributed by atoms with Crippen LogP contribution in [0.25, 0.3) is 0 Å². The molecule has 6 heteroatoms. The van der Waals surface area contributed by atoms with E-state index in [1.165, 1.54) is 12.1 Å². The average Bonchev–Trinajstić information content (AvgIpc) is 2.36. The fourth-order valence-corrected chi connectivity index (χ4v) is 3.15. The van der Waals surface area contributed by atoms with E-state index in [-0.39, 0.29) is 10.6 Å². The molecule has 0 heterocycles.